The topological polar surface area (TPSA) is 20.2 Å². The lowest BCUT2D eigenvalue weighted by atomic mass is 9.73. The van der Waals surface area contributed by atoms with E-state index in [1.807, 2.05) is 0 Å². The van der Waals surface area contributed by atoms with Crippen LogP contribution in [0.15, 0.2) is 0 Å². The molecule has 0 bridgehead atoms. The van der Waals surface area contributed by atoms with Crippen molar-refractivity contribution in [3.8, 4) is 0 Å². The van der Waals surface area contributed by atoms with Crippen molar-refractivity contribution in [1.29, 1.82) is 0 Å². The summed E-state index contributed by atoms with van der Waals surface area (Å²) in [6.07, 6.45) is 3.25. The summed E-state index contributed by atoms with van der Waals surface area (Å²) in [6.45, 7) is 6.85. The SMILES string of the molecule is CC(C)[C@@H]1CC[C@@H](O)C[C@@H]1C. The van der Waals surface area contributed by atoms with Crippen molar-refractivity contribution in [3.63, 3.8) is 0 Å². The fourth-order valence-electron chi connectivity index (χ4n) is 2.38. The zero-order valence-corrected chi connectivity index (χ0v) is 7.88. The molecule has 0 aliphatic heterocycles. The summed E-state index contributed by atoms with van der Waals surface area (Å²) in [7, 11) is 0. The molecule has 0 aromatic heterocycles. The largest absolute Gasteiger partial charge is 0.393 e. The zero-order chi connectivity index (χ0) is 8.43. The smallest absolute Gasteiger partial charge is 0.0543 e. The summed E-state index contributed by atoms with van der Waals surface area (Å²) in [5.74, 6) is 2.36. The molecule has 0 aromatic carbocycles. The molecule has 1 N–H and O–H groups in total. The lowest BCUT2D eigenvalue weighted by molar-refractivity contribution is 0.0595. The fourth-order valence-corrected chi connectivity index (χ4v) is 2.38. The van der Waals surface area contributed by atoms with Crippen LogP contribution in [-0.4, -0.2) is 11.2 Å². The van der Waals surface area contributed by atoms with Crippen molar-refractivity contribution < 1.29 is 5.11 Å². The van der Waals surface area contributed by atoms with E-state index in [-0.39, 0.29) is 6.10 Å². The molecule has 1 nitrogen and oxygen atoms in total. The monoisotopic (exact) mass is 156 g/mol. The van der Waals surface area contributed by atoms with Crippen molar-refractivity contribution >= 4 is 0 Å². The van der Waals surface area contributed by atoms with Gasteiger partial charge in [0.05, 0.1) is 6.10 Å². The summed E-state index contributed by atoms with van der Waals surface area (Å²) >= 11 is 0. The maximum atomic E-state index is 9.38. The summed E-state index contributed by atoms with van der Waals surface area (Å²) in [5.41, 5.74) is 0. The van der Waals surface area contributed by atoms with E-state index >= 15 is 0 Å². The van der Waals surface area contributed by atoms with Gasteiger partial charge < -0.3 is 5.11 Å². The summed E-state index contributed by atoms with van der Waals surface area (Å²) < 4.78 is 0. The first kappa shape index (κ1) is 9.05. The van der Waals surface area contributed by atoms with Crippen molar-refractivity contribution in [2.24, 2.45) is 17.8 Å². The third kappa shape index (κ3) is 2.19. The molecular formula is C10H20O. The molecule has 1 aliphatic rings. The highest BCUT2D eigenvalue weighted by Gasteiger charge is 2.27. The Kier molecular flexibility index (Phi) is 2.94. The van der Waals surface area contributed by atoms with Gasteiger partial charge in [-0.15, -0.1) is 0 Å². The lowest BCUT2D eigenvalue weighted by Gasteiger charge is -2.34. The van der Waals surface area contributed by atoms with E-state index in [0.29, 0.717) is 0 Å². The van der Waals surface area contributed by atoms with Gasteiger partial charge in [0.15, 0.2) is 0 Å². The van der Waals surface area contributed by atoms with Gasteiger partial charge in [0.1, 0.15) is 0 Å². The van der Waals surface area contributed by atoms with Crippen LogP contribution in [0.5, 0.6) is 0 Å². The van der Waals surface area contributed by atoms with Crippen LogP contribution >= 0.6 is 0 Å². The molecule has 1 heteroatoms. The van der Waals surface area contributed by atoms with E-state index in [1.54, 1.807) is 0 Å². The van der Waals surface area contributed by atoms with Crippen LogP contribution in [0.3, 0.4) is 0 Å². The van der Waals surface area contributed by atoms with Crippen LogP contribution in [0.2, 0.25) is 0 Å². The van der Waals surface area contributed by atoms with E-state index < -0.39 is 0 Å². The first-order valence-corrected chi connectivity index (χ1v) is 4.79. The second kappa shape index (κ2) is 3.57. The third-order valence-corrected chi connectivity index (χ3v) is 3.06. The van der Waals surface area contributed by atoms with Crippen LogP contribution in [-0.2, 0) is 0 Å². The molecule has 1 aliphatic carbocycles. The van der Waals surface area contributed by atoms with Crippen molar-refractivity contribution in [1.82, 2.24) is 0 Å². The lowest BCUT2D eigenvalue weighted by Crippen LogP contribution is -2.28. The fraction of sp³-hybridized carbons (Fsp3) is 1.00. The Morgan fingerprint density at radius 3 is 2.36 bits per heavy atom. The highest BCUT2D eigenvalue weighted by Crippen LogP contribution is 2.34. The Morgan fingerprint density at radius 2 is 1.91 bits per heavy atom. The third-order valence-electron chi connectivity index (χ3n) is 3.06. The average molecular weight is 156 g/mol. The molecule has 11 heavy (non-hydrogen) atoms. The molecule has 66 valence electrons. The number of hydrogen-bond acceptors (Lipinski definition) is 1. The van der Waals surface area contributed by atoms with Gasteiger partial charge in [0.25, 0.3) is 0 Å². The van der Waals surface area contributed by atoms with Crippen molar-refractivity contribution in [2.45, 2.75) is 46.1 Å². The Labute approximate surface area is 69.8 Å². The van der Waals surface area contributed by atoms with Crippen molar-refractivity contribution in [3.05, 3.63) is 0 Å². The number of aliphatic hydroxyl groups excluding tert-OH is 1. The van der Waals surface area contributed by atoms with Crippen molar-refractivity contribution in [2.75, 3.05) is 0 Å². The molecule has 0 saturated heterocycles. The van der Waals surface area contributed by atoms with E-state index in [2.05, 4.69) is 20.8 Å². The first-order chi connectivity index (χ1) is 5.11. The summed E-state index contributed by atoms with van der Waals surface area (Å²) in [4.78, 5) is 0. The normalized spacial score (nSPS) is 39.5. The molecule has 0 spiro atoms. The van der Waals surface area contributed by atoms with Crippen LogP contribution in [0.4, 0.5) is 0 Å². The Balaban J connectivity index is 2.44. The van der Waals surface area contributed by atoms with Gasteiger partial charge in [-0.1, -0.05) is 20.8 Å². The van der Waals surface area contributed by atoms with Gasteiger partial charge in [0.2, 0.25) is 0 Å². The van der Waals surface area contributed by atoms with E-state index in [1.165, 1.54) is 6.42 Å². The quantitative estimate of drug-likeness (QED) is 0.618. The molecule has 0 amide bonds. The van der Waals surface area contributed by atoms with Crippen LogP contribution < -0.4 is 0 Å². The zero-order valence-electron chi connectivity index (χ0n) is 7.88. The summed E-state index contributed by atoms with van der Waals surface area (Å²) in [6, 6.07) is 0. The number of aliphatic hydroxyl groups is 1. The van der Waals surface area contributed by atoms with Gasteiger partial charge >= 0.3 is 0 Å². The van der Waals surface area contributed by atoms with Crippen LogP contribution in [0.1, 0.15) is 40.0 Å². The maximum absolute atomic E-state index is 9.38. The van der Waals surface area contributed by atoms with E-state index in [0.717, 1.165) is 30.6 Å². The highest BCUT2D eigenvalue weighted by molar-refractivity contribution is 4.78. The molecule has 1 rings (SSSR count). The van der Waals surface area contributed by atoms with Crippen LogP contribution in [0.25, 0.3) is 0 Å². The maximum Gasteiger partial charge on any atom is 0.0543 e. The Bertz CT molecular complexity index is 120. The summed E-state index contributed by atoms with van der Waals surface area (Å²) in [5, 5.41) is 9.38. The molecule has 3 atom stereocenters. The van der Waals surface area contributed by atoms with Gasteiger partial charge in [-0.05, 0) is 37.0 Å². The molecule has 1 saturated carbocycles. The second-order valence-corrected chi connectivity index (χ2v) is 4.35. The molecule has 0 unspecified atom stereocenters. The van der Waals surface area contributed by atoms with Gasteiger partial charge in [-0.3, -0.25) is 0 Å². The Morgan fingerprint density at radius 1 is 1.27 bits per heavy atom. The van der Waals surface area contributed by atoms with E-state index in [9.17, 15) is 5.11 Å². The predicted octanol–water partition coefficient (Wildman–Crippen LogP) is 2.44. The molecular weight excluding hydrogens is 136 g/mol. The Hall–Kier alpha value is -0.0400. The molecule has 0 aromatic rings. The first-order valence-electron chi connectivity index (χ1n) is 4.79. The highest BCUT2D eigenvalue weighted by atomic mass is 16.3. The number of rotatable bonds is 1. The molecule has 1 fully saturated rings. The van der Waals surface area contributed by atoms with Crippen LogP contribution in [0, 0.1) is 17.8 Å². The minimum atomic E-state index is -0.0139. The average Bonchev–Trinajstić information content (AvgIpc) is 1.85. The molecule has 0 heterocycles. The van der Waals surface area contributed by atoms with Gasteiger partial charge in [-0.25, -0.2) is 0 Å². The predicted molar refractivity (Wildman–Crippen MR) is 47.3 cm³/mol. The standard InChI is InChI=1S/C10H20O/c1-7(2)10-5-4-9(11)6-8(10)3/h7-11H,4-6H2,1-3H3/t8-,9+,10-/m0/s1. The molecule has 0 radical (unpaired) electrons. The second-order valence-electron chi connectivity index (χ2n) is 4.35. The van der Waals surface area contributed by atoms with Gasteiger partial charge in [-0.2, -0.15) is 0 Å². The van der Waals surface area contributed by atoms with Gasteiger partial charge in [0, 0.05) is 0 Å². The minimum absolute atomic E-state index is 0.0139. The number of hydrogen-bond donors (Lipinski definition) is 1. The minimum Gasteiger partial charge on any atom is -0.393 e. The van der Waals surface area contributed by atoms with E-state index in [4.69, 9.17) is 0 Å².